The standard InChI is InChI=1S/C14H18N4/c1-9(2)12-10(3)17-13(18-14(12)15-4)11-6-5-7-16-8-11/h5-9H,1-4H3,(H,15,17,18). The van der Waals surface area contributed by atoms with E-state index >= 15 is 0 Å². The number of rotatable bonds is 3. The van der Waals surface area contributed by atoms with Gasteiger partial charge in [0, 0.05) is 36.3 Å². The van der Waals surface area contributed by atoms with Crippen LogP contribution in [-0.2, 0) is 0 Å². The third-order valence-corrected chi connectivity index (χ3v) is 2.87. The van der Waals surface area contributed by atoms with Crippen molar-refractivity contribution in [3.05, 3.63) is 35.8 Å². The maximum atomic E-state index is 4.58. The van der Waals surface area contributed by atoms with E-state index < -0.39 is 0 Å². The first-order valence-corrected chi connectivity index (χ1v) is 6.10. The summed E-state index contributed by atoms with van der Waals surface area (Å²) in [6.45, 7) is 6.32. The fourth-order valence-electron chi connectivity index (χ4n) is 2.09. The van der Waals surface area contributed by atoms with Crippen LogP contribution in [0.4, 0.5) is 5.82 Å². The molecule has 2 aromatic heterocycles. The van der Waals surface area contributed by atoms with Gasteiger partial charge in [0.05, 0.1) is 0 Å². The smallest absolute Gasteiger partial charge is 0.163 e. The minimum absolute atomic E-state index is 0.399. The third kappa shape index (κ3) is 2.32. The molecule has 4 nitrogen and oxygen atoms in total. The van der Waals surface area contributed by atoms with Crippen LogP contribution >= 0.6 is 0 Å². The van der Waals surface area contributed by atoms with Crippen molar-refractivity contribution in [2.45, 2.75) is 26.7 Å². The van der Waals surface area contributed by atoms with Crippen LogP contribution in [0.5, 0.6) is 0 Å². The Morgan fingerprint density at radius 2 is 2.00 bits per heavy atom. The molecule has 0 amide bonds. The highest BCUT2D eigenvalue weighted by Gasteiger charge is 2.14. The van der Waals surface area contributed by atoms with Crippen molar-refractivity contribution in [1.29, 1.82) is 0 Å². The molecule has 0 atom stereocenters. The number of nitrogens with one attached hydrogen (secondary N) is 1. The van der Waals surface area contributed by atoms with Crippen LogP contribution in [0, 0.1) is 6.92 Å². The van der Waals surface area contributed by atoms with Crippen molar-refractivity contribution in [2.24, 2.45) is 0 Å². The molecular formula is C14H18N4. The van der Waals surface area contributed by atoms with Crippen LogP contribution in [0.25, 0.3) is 11.4 Å². The second kappa shape index (κ2) is 5.12. The van der Waals surface area contributed by atoms with Gasteiger partial charge in [-0.2, -0.15) is 0 Å². The molecule has 94 valence electrons. The van der Waals surface area contributed by atoms with Gasteiger partial charge in [-0.05, 0) is 25.0 Å². The van der Waals surface area contributed by atoms with Gasteiger partial charge in [0.25, 0.3) is 0 Å². The number of anilines is 1. The van der Waals surface area contributed by atoms with Crippen LogP contribution in [0.15, 0.2) is 24.5 Å². The molecule has 2 aromatic rings. The average Bonchev–Trinajstić information content (AvgIpc) is 2.38. The maximum Gasteiger partial charge on any atom is 0.163 e. The van der Waals surface area contributed by atoms with Crippen molar-refractivity contribution in [2.75, 3.05) is 12.4 Å². The van der Waals surface area contributed by atoms with Gasteiger partial charge in [-0.3, -0.25) is 4.98 Å². The zero-order valence-corrected chi connectivity index (χ0v) is 11.2. The lowest BCUT2D eigenvalue weighted by Crippen LogP contribution is -2.07. The van der Waals surface area contributed by atoms with E-state index in [0.29, 0.717) is 11.7 Å². The predicted molar refractivity (Wildman–Crippen MR) is 73.6 cm³/mol. The lowest BCUT2D eigenvalue weighted by molar-refractivity contribution is 0.833. The summed E-state index contributed by atoms with van der Waals surface area (Å²) in [5.74, 6) is 2.01. The molecule has 0 aliphatic rings. The van der Waals surface area contributed by atoms with E-state index in [2.05, 4.69) is 34.1 Å². The van der Waals surface area contributed by atoms with Gasteiger partial charge >= 0.3 is 0 Å². The first-order chi connectivity index (χ1) is 8.63. The molecule has 0 spiro atoms. The molecular weight excluding hydrogens is 224 g/mol. The fraction of sp³-hybridized carbons (Fsp3) is 0.357. The van der Waals surface area contributed by atoms with E-state index in [1.54, 1.807) is 12.4 Å². The quantitative estimate of drug-likeness (QED) is 0.898. The van der Waals surface area contributed by atoms with E-state index in [4.69, 9.17) is 0 Å². The summed E-state index contributed by atoms with van der Waals surface area (Å²) in [6.07, 6.45) is 3.53. The Balaban J connectivity index is 2.56. The molecule has 0 fully saturated rings. The molecule has 0 radical (unpaired) electrons. The lowest BCUT2D eigenvalue weighted by atomic mass is 10.0. The van der Waals surface area contributed by atoms with Crippen molar-refractivity contribution < 1.29 is 0 Å². The minimum atomic E-state index is 0.399. The van der Waals surface area contributed by atoms with Gasteiger partial charge in [0.15, 0.2) is 5.82 Å². The van der Waals surface area contributed by atoms with E-state index in [-0.39, 0.29) is 0 Å². The number of nitrogens with zero attached hydrogens (tertiary/aromatic N) is 3. The Hall–Kier alpha value is -1.97. The summed E-state index contributed by atoms with van der Waals surface area (Å²) in [6, 6.07) is 3.86. The fourth-order valence-corrected chi connectivity index (χ4v) is 2.09. The molecule has 0 saturated carbocycles. The Morgan fingerprint density at radius 3 is 2.56 bits per heavy atom. The second-order valence-electron chi connectivity index (χ2n) is 4.54. The Labute approximate surface area is 108 Å². The normalized spacial score (nSPS) is 10.7. The first-order valence-electron chi connectivity index (χ1n) is 6.10. The maximum absolute atomic E-state index is 4.58. The lowest BCUT2D eigenvalue weighted by Gasteiger charge is -2.15. The molecule has 0 unspecified atom stereocenters. The number of aryl methyl sites for hydroxylation is 1. The third-order valence-electron chi connectivity index (χ3n) is 2.87. The van der Waals surface area contributed by atoms with E-state index in [9.17, 15) is 0 Å². The summed E-state index contributed by atoms with van der Waals surface area (Å²) < 4.78 is 0. The molecule has 18 heavy (non-hydrogen) atoms. The molecule has 0 aliphatic carbocycles. The van der Waals surface area contributed by atoms with Crippen LogP contribution in [0.1, 0.15) is 31.0 Å². The molecule has 2 heterocycles. The van der Waals surface area contributed by atoms with Gasteiger partial charge in [-0.25, -0.2) is 9.97 Å². The summed E-state index contributed by atoms with van der Waals surface area (Å²) in [7, 11) is 1.89. The van der Waals surface area contributed by atoms with Crippen molar-refractivity contribution in [1.82, 2.24) is 15.0 Å². The van der Waals surface area contributed by atoms with Gasteiger partial charge in [-0.1, -0.05) is 13.8 Å². The van der Waals surface area contributed by atoms with E-state index in [1.165, 1.54) is 5.56 Å². The van der Waals surface area contributed by atoms with Crippen LogP contribution in [-0.4, -0.2) is 22.0 Å². The van der Waals surface area contributed by atoms with Gasteiger partial charge in [0.2, 0.25) is 0 Å². The van der Waals surface area contributed by atoms with Crippen molar-refractivity contribution >= 4 is 5.82 Å². The second-order valence-corrected chi connectivity index (χ2v) is 4.54. The predicted octanol–water partition coefficient (Wildman–Crippen LogP) is 3.01. The monoisotopic (exact) mass is 242 g/mol. The zero-order chi connectivity index (χ0) is 13.1. The Bertz CT molecular complexity index is 535. The molecule has 4 heteroatoms. The largest absolute Gasteiger partial charge is 0.373 e. The Kier molecular flexibility index (Phi) is 3.55. The average molecular weight is 242 g/mol. The SMILES string of the molecule is CNc1nc(-c2cccnc2)nc(C)c1C(C)C. The Morgan fingerprint density at radius 1 is 1.22 bits per heavy atom. The molecule has 1 N–H and O–H groups in total. The first kappa shape index (κ1) is 12.5. The summed E-state index contributed by atoms with van der Waals surface area (Å²) in [5, 5.41) is 3.16. The molecule has 0 saturated heterocycles. The van der Waals surface area contributed by atoms with Crippen LogP contribution in [0.2, 0.25) is 0 Å². The number of hydrogen-bond acceptors (Lipinski definition) is 4. The zero-order valence-electron chi connectivity index (χ0n) is 11.2. The minimum Gasteiger partial charge on any atom is -0.373 e. The summed E-state index contributed by atoms with van der Waals surface area (Å²) in [5.41, 5.74) is 3.13. The number of pyridine rings is 1. The highest BCUT2D eigenvalue weighted by atomic mass is 15.0. The highest BCUT2D eigenvalue weighted by Crippen LogP contribution is 2.27. The molecule has 2 rings (SSSR count). The topological polar surface area (TPSA) is 50.7 Å². The highest BCUT2D eigenvalue weighted by molar-refractivity contribution is 5.59. The van der Waals surface area contributed by atoms with Gasteiger partial charge in [-0.15, -0.1) is 0 Å². The van der Waals surface area contributed by atoms with Crippen LogP contribution < -0.4 is 5.32 Å². The summed E-state index contributed by atoms with van der Waals surface area (Å²) >= 11 is 0. The molecule has 0 aromatic carbocycles. The van der Waals surface area contributed by atoms with E-state index in [1.807, 2.05) is 26.1 Å². The summed E-state index contributed by atoms with van der Waals surface area (Å²) in [4.78, 5) is 13.3. The number of aromatic nitrogens is 3. The van der Waals surface area contributed by atoms with Gasteiger partial charge in [0.1, 0.15) is 5.82 Å². The van der Waals surface area contributed by atoms with Crippen molar-refractivity contribution in [3.8, 4) is 11.4 Å². The van der Waals surface area contributed by atoms with Crippen LogP contribution in [0.3, 0.4) is 0 Å². The number of hydrogen-bond donors (Lipinski definition) is 1. The van der Waals surface area contributed by atoms with E-state index in [0.717, 1.165) is 17.1 Å². The van der Waals surface area contributed by atoms with Crippen molar-refractivity contribution in [3.63, 3.8) is 0 Å². The molecule has 0 aliphatic heterocycles. The molecule has 0 bridgehead atoms. The van der Waals surface area contributed by atoms with Gasteiger partial charge < -0.3 is 5.32 Å².